The first-order chi connectivity index (χ1) is 14.3. The molecule has 0 fully saturated rings. The summed E-state index contributed by atoms with van der Waals surface area (Å²) >= 11 is 0. The molecule has 0 spiro atoms. The summed E-state index contributed by atoms with van der Waals surface area (Å²) in [6.45, 7) is 7.01. The number of rotatable bonds is 25. The first-order valence-corrected chi connectivity index (χ1v) is 14.3. The maximum atomic E-state index is 2.37. The van der Waals surface area contributed by atoms with E-state index in [-0.39, 0.29) is 0 Å². The number of hydrogen-bond acceptors (Lipinski definition) is 0. The third-order valence-corrected chi connectivity index (χ3v) is 6.99. The van der Waals surface area contributed by atoms with Crippen molar-refractivity contribution in [2.75, 3.05) is 0 Å². The minimum atomic E-state index is 1.01. The van der Waals surface area contributed by atoms with Crippen LogP contribution in [0.4, 0.5) is 0 Å². The van der Waals surface area contributed by atoms with Gasteiger partial charge in [0.05, 0.1) is 0 Å². The maximum absolute atomic E-state index is 2.37. The highest BCUT2D eigenvalue weighted by atomic mass is 14.1. The summed E-state index contributed by atoms with van der Waals surface area (Å²) in [7, 11) is 0. The van der Waals surface area contributed by atoms with Crippen molar-refractivity contribution >= 4 is 0 Å². The molecule has 0 aromatic rings. The molecule has 1 unspecified atom stereocenters. The lowest BCUT2D eigenvalue weighted by atomic mass is 9.94. The Morgan fingerprint density at radius 1 is 0.310 bits per heavy atom. The molecule has 0 N–H and O–H groups in total. The predicted octanol–water partition coefficient (Wildman–Crippen LogP) is 11.4. The van der Waals surface area contributed by atoms with Gasteiger partial charge in [0, 0.05) is 0 Å². The molecule has 0 amide bonds. The summed E-state index contributed by atoms with van der Waals surface area (Å²) in [5.74, 6) is 1.01. The standard InChI is InChI=1S/C29H60/c1-4-7-8-9-10-11-12-13-14-15-16-17-18-19-20-21-22-23-24-25-26-28-29(6-3)27-5-2/h29H,4-28H2,1-3H3. The second kappa shape index (κ2) is 26.0. The summed E-state index contributed by atoms with van der Waals surface area (Å²) in [6.07, 6.45) is 36.8. The van der Waals surface area contributed by atoms with Crippen LogP contribution in [0.15, 0.2) is 0 Å². The molecule has 0 rings (SSSR count). The van der Waals surface area contributed by atoms with E-state index in [1.807, 2.05) is 0 Å². The zero-order chi connectivity index (χ0) is 21.3. The normalized spacial score (nSPS) is 12.5. The molecule has 0 radical (unpaired) electrons. The molecule has 0 bridgehead atoms. The highest BCUT2D eigenvalue weighted by molar-refractivity contribution is 4.57. The summed E-state index contributed by atoms with van der Waals surface area (Å²) in [5.41, 5.74) is 0. The summed E-state index contributed by atoms with van der Waals surface area (Å²) in [4.78, 5) is 0. The maximum Gasteiger partial charge on any atom is -0.0417 e. The Labute approximate surface area is 187 Å². The first-order valence-electron chi connectivity index (χ1n) is 14.3. The van der Waals surface area contributed by atoms with Crippen LogP contribution in [-0.2, 0) is 0 Å². The molecule has 0 aliphatic heterocycles. The van der Waals surface area contributed by atoms with Gasteiger partial charge in [0.2, 0.25) is 0 Å². The average molecular weight is 409 g/mol. The second-order valence-corrected chi connectivity index (χ2v) is 9.92. The molecule has 0 heterocycles. The van der Waals surface area contributed by atoms with Gasteiger partial charge in [-0.2, -0.15) is 0 Å². The monoisotopic (exact) mass is 408 g/mol. The van der Waals surface area contributed by atoms with Crippen molar-refractivity contribution in [3.63, 3.8) is 0 Å². The minimum absolute atomic E-state index is 1.01. The van der Waals surface area contributed by atoms with E-state index in [0.717, 1.165) is 5.92 Å². The predicted molar refractivity (Wildman–Crippen MR) is 136 cm³/mol. The lowest BCUT2D eigenvalue weighted by molar-refractivity contribution is 0.407. The minimum Gasteiger partial charge on any atom is -0.0654 e. The topological polar surface area (TPSA) is 0 Å². The summed E-state index contributed by atoms with van der Waals surface area (Å²) in [6, 6.07) is 0. The summed E-state index contributed by atoms with van der Waals surface area (Å²) < 4.78 is 0. The molecule has 1 atom stereocenters. The average Bonchev–Trinajstić information content (AvgIpc) is 2.74. The van der Waals surface area contributed by atoms with Crippen LogP contribution in [0.5, 0.6) is 0 Å². The second-order valence-electron chi connectivity index (χ2n) is 9.92. The Morgan fingerprint density at radius 2 is 0.621 bits per heavy atom. The molecule has 0 aliphatic rings. The van der Waals surface area contributed by atoms with Crippen LogP contribution in [-0.4, -0.2) is 0 Å². The van der Waals surface area contributed by atoms with Crippen molar-refractivity contribution in [3.05, 3.63) is 0 Å². The molecule has 0 saturated carbocycles. The molecule has 29 heavy (non-hydrogen) atoms. The van der Waals surface area contributed by atoms with Gasteiger partial charge in [-0.15, -0.1) is 0 Å². The van der Waals surface area contributed by atoms with Crippen LogP contribution >= 0.6 is 0 Å². The van der Waals surface area contributed by atoms with Crippen molar-refractivity contribution in [1.29, 1.82) is 0 Å². The van der Waals surface area contributed by atoms with Gasteiger partial charge >= 0.3 is 0 Å². The Kier molecular flexibility index (Phi) is 26.0. The van der Waals surface area contributed by atoms with E-state index >= 15 is 0 Å². The molecular weight excluding hydrogens is 348 g/mol. The number of hydrogen-bond donors (Lipinski definition) is 0. The molecular formula is C29H60. The van der Waals surface area contributed by atoms with Gasteiger partial charge in [0.1, 0.15) is 0 Å². The number of unbranched alkanes of at least 4 members (excludes halogenated alkanes) is 20. The zero-order valence-electron chi connectivity index (χ0n) is 21.3. The lowest BCUT2D eigenvalue weighted by Gasteiger charge is -2.13. The van der Waals surface area contributed by atoms with Crippen LogP contribution in [0.1, 0.15) is 181 Å². The highest BCUT2D eigenvalue weighted by Crippen LogP contribution is 2.20. The Bertz CT molecular complexity index is 269. The fourth-order valence-electron chi connectivity index (χ4n) is 4.83. The van der Waals surface area contributed by atoms with E-state index in [9.17, 15) is 0 Å². The van der Waals surface area contributed by atoms with Crippen LogP contribution in [0.25, 0.3) is 0 Å². The van der Waals surface area contributed by atoms with Gasteiger partial charge < -0.3 is 0 Å². The molecule has 0 aliphatic carbocycles. The SMILES string of the molecule is CCCCCCCCCCCCCCCCCCCCCCCC(CC)CCC. The smallest absolute Gasteiger partial charge is 0.0417 e. The van der Waals surface area contributed by atoms with E-state index in [1.54, 1.807) is 0 Å². The van der Waals surface area contributed by atoms with Crippen molar-refractivity contribution in [2.45, 2.75) is 181 Å². The highest BCUT2D eigenvalue weighted by Gasteiger charge is 2.04. The van der Waals surface area contributed by atoms with Gasteiger partial charge in [-0.3, -0.25) is 0 Å². The molecule has 0 aromatic carbocycles. The Hall–Kier alpha value is 0. The first kappa shape index (κ1) is 29.0. The van der Waals surface area contributed by atoms with Crippen LogP contribution in [0, 0.1) is 5.92 Å². The van der Waals surface area contributed by atoms with Gasteiger partial charge in [0.15, 0.2) is 0 Å². The third kappa shape index (κ3) is 24.1. The Morgan fingerprint density at radius 3 is 0.897 bits per heavy atom. The van der Waals surface area contributed by atoms with Crippen molar-refractivity contribution < 1.29 is 0 Å². The van der Waals surface area contributed by atoms with Gasteiger partial charge in [-0.1, -0.05) is 181 Å². The van der Waals surface area contributed by atoms with E-state index in [4.69, 9.17) is 0 Å². The molecule has 0 aromatic heterocycles. The fourth-order valence-corrected chi connectivity index (χ4v) is 4.83. The Balaban J connectivity index is 3.06. The molecule has 0 saturated heterocycles. The van der Waals surface area contributed by atoms with Gasteiger partial charge in [-0.05, 0) is 5.92 Å². The fraction of sp³-hybridized carbons (Fsp3) is 1.00. The van der Waals surface area contributed by atoms with Crippen molar-refractivity contribution in [3.8, 4) is 0 Å². The van der Waals surface area contributed by atoms with Gasteiger partial charge in [-0.25, -0.2) is 0 Å². The molecule has 176 valence electrons. The van der Waals surface area contributed by atoms with Crippen molar-refractivity contribution in [1.82, 2.24) is 0 Å². The van der Waals surface area contributed by atoms with Crippen molar-refractivity contribution in [2.24, 2.45) is 5.92 Å². The quantitative estimate of drug-likeness (QED) is 0.132. The van der Waals surface area contributed by atoms with Crippen LogP contribution in [0.2, 0.25) is 0 Å². The van der Waals surface area contributed by atoms with Crippen LogP contribution < -0.4 is 0 Å². The summed E-state index contributed by atoms with van der Waals surface area (Å²) in [5, 5.41) is 0. The molecule has 0 heteroatoms. The van der Waals surface area contributed by atoms with Gasteiger partial charge in [0.25, 0.3) is 0 Å². The zero-order valence-corrected chi connectivity index (χ0v) is 21.3. The lowest BCUT2D eigenvalue weighted by Crippen LogP contribution is -1.97. The van der Waals surface area contributed by atoms with E-state index in [0.29, 0.717) is 0 Å². The van der Waals surface area contributed by atoms with E-state index < -0.39 is 0 Å². The van der Waals surface area contributed by atoms with Crippen LogP contribution in [0.3, 0.4) is 0 Å². The van der Waals surface area contributed by atoms with E-state index in [1.165, 1.54) is 161 Å². The third-order valence-electron chi connectivity index (χ3n) is 6.99. The van der Waals surface area contributed by atoms with E-state index in [2.05, 4.69) is 20.8 Å². The largest absolute Gasteiger partial charge is 0.0654 e. The molecule has 0 nitrogen and oxygen atoms in total.